The van der Waals surface area contributed by atoms with Gasteiger partial charge in [0.15, 0.2) is 0 Å². The van der Waals surface area contributed by atoms with Crippen LogP contribution in [-0.4, -0.2) is 39.5 Å². The average molecular weight is 291 g/mol. The summed E-state index contributed by atoms with van der Waals surface area (Å²) >= 11 is 0. The monoisotopic (exact) mass is 291 g/mol. The van der Waals surface area contributed by atoms with Crippen LogP contribution in [0.3, 0.4) is 0 Å². The standard InChI is InChI=1S/C16H22FN3O/c1-4-19(9-10-21)11-16-12(2)18-20(13(16)3)15-7-5-14(17)6-8-15/h5-8,21H,4,9-11H2,1-3H3. The second kappa shape index (κ2) is 6.83. The molecule has 2 rings (SSSR count). The van der Waals surface area contributed by atoms with Crippen molar-refractivity contribution < 1.29 is 9.50 Å². The summed E-state index contributed by atoms with van der Waals surface area (Å²) in [6, 6.07) is 6.33. The number of likely N-dealkylation sites (N-methyl/N-ethyl adjacent to an activating group) is 1. The summed E-state index contributed by atoms with van der Waals surface area (Å²) in [4.78, 5) is 2.17. The molecule has 1 aromatic carbocycles. The Morgan fingerprint density at radius 3 is 2.48 bits per heavy atom. The molecule has 1 aromatic heterocycles. The first-order valence-corrected chi connectivity index (χ1v) is 7.21. The van der Waals surface area contributed by atoms with E-state index < -0.39 is 0 Å². The van der Waals surface area contributed by atoms with E-state index in [-0.39, 0.29) is 12.4 Å². The number of aliphatic hydroxyl groups is 1. The van der Waals surface area contributed by atoms with Crippen molar-refractivity contribution in [1.29, 1.82) is 0 Å². The van der Waals surface area contributed by atoms with Crippen LogP contribution in [0.25, 0.3) is 5.69 Å². The summed E-state index contributed by atoms with van der Waals surface area (Å²) in [7, 11) is 0. The molecule has 1 heterocycles. The van der Waals surface area contributed by atoms with Crippen LogP contribution < -0.4 is 0 Å². The fraction of sp³-hybridized carbons (Fsp3) is 0.438. The van der Waals surface area contributed by atoms with Gasteiger partial charge < -0.3 is 5.11 Å². The molecular weight excluding hydrogens is 269 g/mol. The highest BCUT2D eigenvalue weighted by atomic mass is 19.1. The predicted octanol–water partition coefficient (Wildman–Crippen LogP) is 2.44. The van der Waals surface area contributed by atoms with Crippen LogP contribution in [0.15, 0.2) is 24.3 Å². The van der Waals surface area contributed by atoms with Crippen LogP contribution >= 0.6 is 0 Å². The van der Waals surface area contributed by atoms with Crippen LogP contribution in [0.2, 0.25) is 0 Å². The van der Waals surface area contributed by atoms with Crippen LogP contribution in [0.5, 0.6) is 0 Å². The molecule has 2 aromatic rings. The molecule has 114 valence electrons. The summed E-state index contributed by atoms with van der Waals surface area (Å²) in [5, 5.41) is 13.7. The molecule has 0 amide bonds. The summed E-state index contributed by atoms with van der Waals surface area (Å²) in [6.07, 6.45) is 0. The van der Waals surface area contributed by atoms with Crippen molar-refractivity contribution in [3.63, 3.8) is 0 Å². The molecule has 0 atom stereocenters. The minimum Gasteiger partial charge on any atom is -0.395 e. The Labute approximate surface area is 124 Å². The first-order valence-electron chi connectivity index (χ1n) is 7.21. The molecule has 0 bridgehead atoms. The molecule has 5 heteroatoms. The Bertz CT molecular complexity index is 592. The first-order chi connectivity index (χ1) is 10.1. The third-order valence-electron chi connectivity index (χ3n) is 3.76. The smallest absolute Gasteiger partial charge is 0.123 e. The van der Waals surface area contributed by atoms with Gasteiger partial charge in [-0.2, -0.15) is 5.10 Å². The van der Waals surface area contributed by atoms with Crippen LogP contribution in [0, 0.1) is 19.7 Å². The number of nitrogens with zero attached hydrogens (tertiary/aromatic N) is 3. The lowest BCUT2D eigenvalue weighted by molar-refractivity contribution is 0.196. The number of aromatic nitrogens is 2. The van der Waals surface area contributed by atoms with Gasteiger partial charge in [-0.05, 0) is 44.7 Å². The third-order valence-corrected chi connectivity index (χ3v) is 3.76. The molecule has 0 saturated carbocycles. The first kappa shape index (κ1) is 15.7. The van der Waals surface area contributed by atoms with Crippen molar-refractivity contribution in [2.75, 3.05) is 19.7 Å². The molecule has 21 heavy (non-hydrogen) atoms. The van der Waals surface area contributed by atoms with E-state index in [4.69, 9.17) is 5.11 Å². The van der Waals surface area contributed by atoms with E-state index >= 15 is 0 Å². The lowest BCUT2D eigenvalue weighted by Gasteiger charge is -2.19. The van der Waals surface area contributed by atoms with Crippen molar-refractivity contribution in [1.82, 2.24) is 14.7 Å². The van der Waals surface area contributed by atoms with Crippen molar-refractivity contribution in [3.8, 4) is 5.69 Å². The molecule has 0 fully saturated rings. The highest BCUT2D eigenvalue weighted by Crippen LogP contribution is 2.19. The highest BCUT2D eigenvalue weighted by molar-refractivity contribution is 5.37. The largest absolute Gasteiger partial charge is 0.395 e. The van der Waals surface area contributed by atoms with Gasteiger partial charge in [0.2, 0.25) is 0 Å². The maximum Gasteiger partial charge on any atom is 0.123 e. The molecule has 1 N–H and O–H groups in total. The topological polar surface area (TPSA) is 41.3 Å². The van der Waals surface area contributed by atoms with E-state index in [1.165, 1.54) is 12.1 Å². The number of hydrogen-bond acceptors (Lipinski definition) is 3. The van der Waals surface area contributed by atoms with Gasteiger partial charge >= 0.3 is 0 Å². The maximum absolute atomic E-state index is 13.0. The molecular formula is C16H22FN3O. The van der Waals surface area contributed by atoms with Gasteiger partial charge in [0.05, 0.1) is 18.0 Å². The highest BCUT2D eigenvalue weighted by Gasteiger charge is 2.15. The Hall–Kier alpha value is -1.72. The molecule has 4 nitrogen and oxygen atoms in total. The molecule has 0 radical (unpaired) electrons. The van der Waals surface area contributed by atoms with Crippen LogP contribution in [-0.2, 0) is 6.54 Å². The van der Waals surface area contributed by atoms with Gasteiger partial charge in [-0.15, -0.1) is 0 Å². The van der Waals surface area contributed by atoms with Gasteiger partial charge in [0, 0.05) is 24.3 Å². The van der Waals surface area contributed by atoms with E-state index in [9.17, 15) is 4.39 Å². The molecule has 0 aliphatic rings. The van der Waals surface area contributed by atoms with Crippen molar-refractivity contribution in [2.45, 2.75) is 27.3 Å². The second-order valence-corrected chi connectivity index (χ2v) is 5.13. The lowest BCUT2D eigenvalue weighted by Crippen LogP contribution is -2.26. The normalized spacial score (nSPS) is 11.3. The van der Waals surface area contributed by atoms with E-state index in [1.807, 2.05) is 18.5 Å². The van der Waals surface area contributed by atoms with Gasteiger partial charge in [-0.1, -0.05) is 6.92 Å². The Morgan fingerprint density at radius 1 is 1.24 bits per heavy atom. The summed E-state index contributed by atoms with van der Waals surface area (Å²) in [5.74, 6) is -0.249. The Morgan fingerprint density at radius 2 is 1.90 bits per heavy atom. The third kappa shape index (κ3) is 3.49. The zero-order valence-electron chi connectivity index (χ0n) is 12.8. The average Bonchev–Trinajstić information content (AvgIpc) is 2.75. The number of benzene rings is 1. The van der Waals surface area contributed by atoms with Crippen LogP contribution in [0.4, 0.5) is 4.39 Å². The number of aliphatic hydroxyl groups excluding tert-OH is 1. The second-order valence-electron chi connectivity index (χ2n) is 5.13. The van der Waals surface area contributed by atoms with Crippen molar-refractivity contribution in [2.24, 2.45) is 0 Å². The van der Waals surface area contributed by atoms with E-state index in [2.05, 4.69) is 16.9 Å². The van der Waals surface area contributed by atoms with E-state index in [1.54, 1.807) is 12.1 Å². The van der Waals surface area contributed by atoms with Crippen molar-refractivity contribution >= 4 is 0 Å². The SMILES string of the molecule is CCN(CCO)Cc1c(C)nn(-c2ccc(F)cc2)c1C. The predicted molar refractivity (Wildman–Crippen MR) is 81.0 cm³/mol. The summed E-state index contributed by atoms with van der Waals surface area (Å²) in [5.41, 5.74) is 4.03. The fourth-order valence-electron chi connectivity index (χ4n) is 2.45. The Kier molecular flexibility index (Phi) is 5.09. The number of aryl methyl sites for hydroxylation is 1. The summed E-state index contributed by atoms with van der Waals surface area (Å²) < 4.78 is 14.9. The zero-order chi connectivity index (χ0) is 15.4. The van der Waals surface area contributed by atoms with Gasteiger partial charge in [-0.3, -0.25) is 4.90 Å². The van der Waals surface area contributed by atoms with Gasteiger partial charge in [-0.25, -0.2) is 9.07 Å². The number of hydrogen-bond donors (Lipinski definition) is 1. The Balaban J connectivity index is 2.30. The maximum atomic E-state index is 13.0. The van der Waals surface area contributed by atoms with E-state index in [0.29, 0.717) is 6.54 Å². The van der Waals surface area contributed by atoms with Crippen LogP contribution in [0.1, 0.15) is 23.9 Å². The van der Waals surface area contributed by atoms with Gasteiger partial charge in [0.25, 0.3) is 0 Å². The van der Waals surface area contributed by atoms with Crippen molar-refractivity contribution in [3.05, 3.63) is 47.0 Å². The molecule has 0 unspecified atom stereocenters. The molecule has 0 aliphatic carbocycles. The number of rotatable bonds is 6. The number of halogens is 1. The quantitative estimate of drug-likeness (QED) is 0.889. The minimum atomic E-state index is -0.249. The fourth-order valence-corrected chi connectivity index (χ4v) is 2.45. The molecule has 0 spiro atoms. The zero-order valence-corrected chi connectivity index (χ0v) is 12.8. The van der Waals surface area contributed by atoms with E-state index in [0.717, 1.165) is 35.7 Å². The molecule has 0 aliphatic heterocycles. The minimum absolute atomic E-state index is 0.151. The summed E-state index contributed by atoms with van der Waals surface area (Å²) in [6.45, 7) is 8.51. The molecule has 0 saturated heterocycles. The van der Waals surface area contributed by atoms with Gasteiger partial charge in [0.1, 0.15) is 5.82 Å². The lowest BCUT2D eigenvalue weighted by atomic mass is 10.2.